The third-order valence-electron chi connectivity index (χ3n) is 3.74. The molecule has 0 radical (unpaired) electrons. The van der Waals surface area contributed by atoms with Crippen molar-refractivity contribution in [3.8, 4) is 17.0 Å². The maximum atomic E-state index is 11.3. The maximum absolute atomic E-state index is 11.3. The van der Waals surface area contributed by atoms with Gasteiger partial charge in [-0.2, -0.15) is 0 Å². The topological polar surface area (TPSA) is 56.0 Å². The minimum absolute atomic E-state index is 0.287. The Morgan fingerprint density at radius 1 is 1.23 bits per heavy atom. The smallest absolute Gasteiger partial charge is 0.209 e. The van der Waals surface area contributed by atoms with Crippen molar-refractivity contribution in [2.24, 2.45) is 5.18 Å². The van der Waals surface area contributed by atoms with Gasteiger partial charge in [-0.1, -0.05) is 26.0 Å². The molecule has 0 aliphatic rings. The molecule has 3 aromatic rings. The van der Waals surface area contributed by atoms with Crippen LogP contribution in [0.1, 0.15) is 25.3 Å². The summed E-state index contributed by atoms with van der Waals surface area (Å²) < 4.78 is 7.12. The lowest BCUT2D eigenvalue weighted by Crippen LogP contribution is -1.93. The van der Waals surface area contributed by atoms with Crippen molar-refractivity contribution in [3.63, 3.8) is 0 Å². The number of nitroso groups, excluding NO2 is 1. The molecule has 0 N–H and O–H groups in total. The third kappa shape index (κ3) is 2.24. The minimum atomic E-state index is 0.287. The Hall–Kier alpha value is -2.69. The summed E-state index contributed by atoms with van der Waals surface area (Å²) >= 11 is 0. The van der Waals surface area contributed by atoms with Crippen LogP contribution in [0.5, 0.6) is 5.75 Å². The molecule has 1 aromatic carbocycles. The Labute approximate surface area is 128 Å². The molecule has 0 bridgehead atoms. The molecule has 0 spiro atoms. The van der Waals surface area contributed by atoms with Gasteiger partial charge in [-0.05, 0) is 40.9 Å². The van der Waals surface area contributed by atoms with E-state index in [2.05, 4.69) is 24.0 Å². The number of hydrogen-bond acceptors (Lipinski definition) is 4. The van der Waals surface area contributed by atoms with Crippen molar-refractivity contribution in [2.45, 2.75) is 19.8 Å². The molecular formula is C17H17N3O2. The monoisotopic (exact) mass is 295 g/mol. The summed E-state index contributed by atoms with van der Waals surface area (Å²) in [5, 5.41) is 3.18. The summed E-state index contributed by atoms with van der Waals surface area (Å²) in [5.41, 5.74) is 3.17. The number of imidazole rings is 1. The summed E-state index contributed by atoms with van der Waals surface area (Å²) in [6.07, 6.45) is 1.78. The first kappa shape index (κ1) is 14.3. The Kier molecular flexibility index (Phi) is 3.63. The summed E-state index contributed by atoms with van der Waals surface area (Å²) in [7, 11) is 1.61. The Morgan fingerprint density at radius 3 is 2.73 bits per heavy atom. The van der Waals surface area contributed by atoms with Crippen LogP contribution in [0.4, 0.5) is 5.82 Å². The van der Waals surface area contributed by atoms with Crippen molar-refractivity contribution in [1.82, 2.24) is 9.38 Å². The van der Waals surface area contributed by atoms with E-state index in [0.29, 0.717) is 23.0 Å². The van der Waals surface area contributed by atoms with Gasteiger partial charge >= 0.3 is 0 Å². The molecule has 0 aliphatic heterocycles. The number of fused-ring (bicyclic) bond motifs is 1. The predicted molar refractivity (Wildman–Crippen MR) is 86.7 cm³/mol. The van der Waals surface area contributed by atoms with E-state index in [9.17, 15) is 4.91 Å². The highest BCUT2D eigenvalue weighted by Crippen LogP contribution is 2.38. The fraction of sp³-hybridized carbons (Fsp3) is 0.235. The Bertz CT molecular complexity index is 837. The number of pyridine rings is 1. The third-order valence-corrected chi connectivity index (χ3v) is 3.74. The molecule has 2 aromatic heterocycles. The second-order valence-corrected chi connectivity index (χ2v) is 5.42. The highest BCUT2D eigenvalue weighted by Gasteiger charge is 2.19. The van der Waals surface area contributed by atoms with Crippen LogP contribution in [0.3, 0.4) is 0 Å². The van der Waals surface area contributed by atoms with Crippen LogP contribution in [-0.4, -0.2) is 16.5 Å². The Morgan fingerprint density at radius 2 is 2.05 bits per heavy atom. The molecule has 0 saturated heterocycles. The predicted octanol–water partition coefficient (Wildman–Crippen LogP) is 4.53. The summed E-state index contributed by atoms with van der Waals surface area (Å²) in [5.74, 6) is 1.34. The fourth-order valence-electron chi connectivity index (χ4n) is 2.52. The van der Waals surface area contributed by atoms with Crippen molar-refractivity contribution in [3.05, 3.63) is 53.1 Å². The number of aromatic nitrogens is 2. The van der Waals surface area contributed by atoms with E-state index >= 15 is 0 Å². The number of methoxy groups -OCH3 is 1. The van der Waals surface area contributed by atoms with Gasteiger partial charge in [0.05, 0.1) is 7.11 Å². The number of benzene rings is 1. The number of ether oxygens (including phenoxy) is 1. The number of hydrogen-bond donors (Lipinski definition) is 0. The van der Waals surface area contributed by atoms with E-state index in [0.717, 1.165) is 11.1 Å². The van der Waals surface area contributed by atoms with Gasteiger partial charge < -0.3 is 4.74 Å². The molecule has 5 heteroatoms. The normalized spacial score (nSPS) is 11.1. The van der Waals surface area contributed by atoms with Crippen molar-refractivity contribution in [1.29, 1.82) is 0 Å². The van der Waals surface area contributed by atoms with E-state index in [-0.39, 0.29) is 5.82 Å². The van der Waals surface area contributed by atoms with Crippen LogP contribution >= 0.6 is 0 Å². The first-order valence-corrected chi connectivity index (χ1v) is 7.14. The number of nitrogens with zero attached hydrogens (tertiary/aromatic N) is 3. The highest BCUT2D eigenvalue weighted by molar-refractivity contribution is 5.79. The zero-order chi connectivity index (χ0) is 15.7. The van der Waals surface area contributed by atoms with Gasteiger partial charge in [0, 0.05) is 11.8 Å². The number of rotatable bonds is 4. The average Bonchev–Trinajstić information content (AvgIpc) is 2.92. The van der Waals surface area contributed by atoms with Crippen LogP contribution in [0, 0.1) is 4.91 Å². The molecule has 0 fully saturated rings. The molecule has 0 atom stereocenters. The lowest BCUT2D eigenvalue weighted by atomic mass is 9.99. The highest BCUT2D eigenvalue weighted by atomic mass is 16.5. The van der Waals surface area contributed by atoms with E-state index in [4.69, 9.17) is 4.74 Å². The van der Waals surface area contributed by atoms with Crippen LogP contribution < -0.4 is 4.74 Å². The van der Waals surface area contributed by atoms with E-state index < -0.39 is 0 Å². The fourth-order valence-corrected chi connectivity index (χ4v) is 2.52. The van der Waals surface area contributed by atoms with Gasteiger partial charge in [0.2, 0.25) is 5.82 Å². The molecule has 2 heterocycles. The second kappa shape index (κ2) is 5.60. The molecule has 5 nitrogen and oxygen atoms in total. The second-order valence-electron chi connectivity index (χ2n) is 5.42. The standard InChI is InChI=1S/C17H17N3O2/c1-11(2)12-7-8-14(22-3)13(10-12)16-17(19-21)20-9-5-4-6-15(20)18-16/h4-11H,1-3H3. The largest absolute Gasteiger partial charge is 0.496 e. The first-order valence-electron chi connectivity index (χ1n) is 7.14. The maximum Gasteiger partial charge on any atom is 0.209 e. The van der Waals surface area contributed by atoms with Gasteiger partial charge in [0.1, 0.15) is 17.1 Å². The van der Waals surface area contributed by atoms with Crippen LogP contribution in [-0.2, 0) is 0 Å². The average molecular weight is 295 g/mol. The molecule has 0 amide bonds. The van der Waals surface area contributed by atoms with E-state index in [1.54, 1.807) is 17.7 Å². The lowest BCUT2D eigenvalue weighted by Gasteiger charge is -2.11. The molecule has 112 valence electrons. The van der Waals surface area contributed by atoms with Crippen LogP contribution in [0.15, 0.2) is 47.8 Å². The van der Waals surface area contributed by atoms with Crippen LogP contribution in [0.2, 0.25) is 0 Å². The quantitative estimate of drug-likeness (QED) is 0.664. The van der Waals surface area contributed by atoms with Gasteiger partial charge in [0.15, 0.2) is 0 Å². The molecule has 0 unspecified atom stereocenters. The summed E-state index contributed by atoms with van der Waals surface area (Å²) in [6, 6.07) is 11.5. The van der Waals surface area contributed by atoms with Gasteiger partial charge in [-0.25, -0.2) is 4.98 Å². The van der Waals surface area contributed by atoms with Crippen LogP contribution in [0.25, 0.3) is 16.9 Å². The summed E-state index contributed by atoms with van der Waals surface area (Å²) in [4.78, 5) is 15.9. The zero-order valence-electron chi connectivity index (χ0n) is 12.8. The van der Waals surface area contributed by atoms with Gasteiger partial charge in [-0.3, -0.25) is 4.40 Å². The lowest BCUT2D eigenvalue weighted by molar-refractivity contribution is 0.416. The minimum Gasteiger partial charge on any atom is -0.496 e. The SMILES string of the molecule is COc1ccc(C(C)C)cc1-c1nc2ccccn2c1N=O. The molecule has 0 saturated carbocycles. The van der Waals surface area contributed by atoms with Crippen molar-refractivity contribution < 1.29 is 4.74 Å². The Balaban J connectivity index is 2.30. The summed E-state index contributed by atoms with van der Waals surface area (Å²) in [6.45, 7) is 4.24. The van der Waals surface area contributed by atoms with Gasteiger partial charge in [0.25, 0.3) is 0 Å². The first-order chi connectivity index (χ1) is 10.7. The molecule has 22 heavy (non-hydrogen) atoms. The molecular weight excluding hydrogens is 278 g/mol. The molecule has 3 rings (SSSR count). The molecule has 0 aliphatic carbocycles. The van der Waals surface area contributed by atoms with Gasteiger partial charge in [-0.15, -0.1) is 4.91 Å². The van der Waals surface area contributed by atoms with E-state index in [1.165, 1.54) is 0 Å². The van der Waals surface area contributed by atoms with Crippen molar-refractivity contribution >= 4 is 11.5 Å². The van der Waals surface area contributed by atoms with E-state index in [1.807, 2.05) is 36.4 Å². The van der Waals surface area contributed by atoms with Crippen molar-refractivity contribution in [2.75, 3.05) is 7.11 Å². The zero-order valence-corrected chi connectivity index (χ0v) is 12.8.